The second kappa shape index (κ2) is 6.56. The van der Waals surface area contributed by atoms with Gasteiger partial charge in [0.05, 0.1) is 17.8 Å². The highest BCUT2D eigenvalue weighted by Crippen LogP contribution is 2.42. The number of piperazine rings is 1. The Labute approximate surface area is 160 Å². The molecule has 0 spiro atoms. The number of anilines is 2. The molecule has 3 saturated heterocycles. The zero-order valence-electron chi connectivity index (χ0n) is 15.5. The number of aryl methyl sites for hydroxylation is 1. The fourth-order valence-electron chi connectivity index (χ4n) is 4.26. The van der Waals surface area contributed by atoms with E-state index >= 15 is 0 Å². The smallest absolute Gasteiger partial charge is 0.280 e. The Kier molecular flexibility index (Phi) is 4.13. The summed E-state index contributed by atoms with van der Waals surface area (Å²) in [5, 5.41) is 0. The van der Waals surface area contributed by atoms with Gasteiger partial charge in [-0.15, -0.1) is 0 Å². The zero-order valence-corrected chi connectivity index (χ0v) is 15.5. The summed E-state index contributed by atoms with van der Waals surface area (Å²) in [5.74, 6) is 1.28. The molecular weight excluding hydrogens is 369 g/mol. The number of halogens is 3. The Morgan fingerprint density at radius 2 is 1.89 bits per heavy atom. The van der Waals surface area contributed by atoms with Crippen LogP contribution in [0.1, 0.15) is 55.7 Å². The van der Waals surface area contributed by atoms with E-state index in [1.165, 1.54) is 12.4 Å². The first-order valence-corrected chi connectivity index (χ1v) is 9.74. The maximum Gasteiger partial charge on any atom is 0.280 e. The van der Waals surface area contributed by atoms with Crippen LogP contribution in [0, 0.1) is 5.82 Å². The van der Waals surface area contributed by atoms with Gasteiger partial charge in [0, 0.05) is 25.1 Å². The summed E-state index contributed by atoms with van der Waals surface area (Å²) in [6.07, 6.45) is 2.15. The standard InChI is InChI=1S/C19H21F3N6/c1-2-13-16(20)19(24-9-23-13)27-7-11-5-12(8-27)28(11)15-6-14(17(21)22)25-18(26-15)10-3-4-10/h6,9-12,17H,2-5,7-8H2,1H3. The van der Waals surface area contributed by atoms with E-state index in [2.05, 4.69) is 24.8 Å². The predicted octanol–water partition coefficient (Wildman–Crippen LogP) is 3.25. The lowest BCUT2D eigenvalue weighted by molar-refractivity contribution is 0.145. The van der Waals surface area contributed by atoms with Crippen LogP contribution >= 0.6 is 0 Å². The number of rotatable bonds is 5. The van der Waals surface area contributed by atoms with E-state index in [-0.39, 0.29) is 29.5 Å². The number of fused-ring (bicyclic) bond motifs is 2. The topological polar surface area (TPSA) is 58.0 Å². The van der Waals surface area contributed by atoms with E-state index in [1.807, 2.05) is 11.8 Å². The molecule has 0 aromatic carbocycles. The SMILES string of the molecule is CCc1ncnc(N2CC3CC(C2)N3c2cc(C(F)F)nc(C3CC3)n2)c1F. The molecule has 0 amide bonds. The van der Waals surface area contributed by atoms with Crippen molar-refractivity contribution < 1.29 is 13.2 Å². The highest BCUT2D eigenvalue weighted by atomic mass is 19.3. The van der Waals surface area contributed by atoms with Crippen LogP contribution in [-0.4, -0.2) is 45.1 Å². The minimum absolute atomic E-state index is 0.102. The van der Waals surface area contributed by atoms with E-state index in [0.717, 1.165) is 19.3 Å². The second-order valence-electron chi connectivity index (χ2n) is 7.75. The third kappa shape index (κ3) is 2.87. The number of alkyl halides is 2. The summed E-state index contributed by atoms with van der Waals surface area (Å²) < 4.78 is 41.3. The molecule has 2 atom stereocenters. The molecule has 28 heavy (non-hydrogen) atoms. The molecule has 4 fully saturated rings. The first-order chi connectivity index (χ1) is 13.5. The molecular formula is C19H21F3N6. The van der Waals surface area contributed by atoms with Crippen LogP contribution < -0.4 is 9.80 Å². The van der Waals surface area contributed by atoms with Crippen molar-refractivity contribution >= 4 is 11.6 Å². The average Bonchev–Trinajstić information content (AvgIpc) is 3.53. The molecule has 3 aliphatic heterocycles. The zero-order chi connectivity index (χ0) is 19.4. The van der Waals surface area contributed by atoms with Crippen LogP contribution in [0.3, 0.4) is 0 Å². The Morgan fingerprint density at radius 1 is 1.14 bits per heavy atom. The van der Waals surface area contributed by atoms with E-state index in [0.29, 0.717) is 42.7 Å². The molecule has 4 aliphatic rings. The summed E-state index contributed by atoms with van der Waals surface area (Å²) in [4.78, 5) is 20.8. The maximum absolute atomic E-state index is 14.6. The van der Waals surface area contributed by atoms with Crippen LogP contribution in [0.4, 0.5) is 24.8 Å². The lowest BCUT2D eigenvalue weighted by Gasteiger charge is -2.57. The number of aromatic nitrogens is 4. The van der Waals surface area contributed by atoms with Crippen molar-refractivity contribution in [3.63, 3.8) is 0 Å². The normalized spacial score (nSPS) is 23.9. The number of nitrogens with zero attached hydrogens (tertiary/aromatic N) is 6. The van der Waals surface area contributed by atoms with Gasteiger partial charge in [0.1, 0.15) is 23.7 Å². The first kappa shape index (κ1) is 17.6. The quantitative estimate of drug-likeness (QED) is 0.781. The van der Waals surface area contributed by atoms with Gasteiger partial charge >= 0.3 is 0 Å². The van der Waals surface area contributed by atoms with Crippen LogP contribution in [0.5, 0.6) is 0 Å². The third-order valence-corrected chi connectivity index (χ3v) is 5.85. The van der Waals surface area contributed by atoms with Gasteiger partial charge in [0.15, 0.2) is 11.6 Å². The van der Waals surface area contributed by atoms with Crippen LogP contribution in [0.25, 0.3) is 0 Å². The third-order valence-electron chi connectivity index (χ3n) is 5.85. The van der Waals surface area contributed by atoms with Crippen molar-refractivity contribution in [2.45, 2.75) is 57.0 Å². The van der Waals surface area contributed by atoms with Crippen molar-refractivity contribution in [1.29, 1.82) is 0 Å². The summed E-state index contributed by atoms with van der Waals surface area (Å²) in [7, 11) is 0. The number of hydrogen-bond acceptors (Lipinski definition) is 6. The van der Waals surface area contributed by atoms with Gasteiger partial charge in [0.2, 0.25) is 0 Å². The second-order valence-corrected chi connectivity index (χ2v) is 7.75. The maximum atomic E-state index is 14.6. The van der Waals surface area contributed by atoms with Crippen molar-refractivity contribution in [3.8, 4) is 0 Å². The Hall–Kier alpha value is -2.45. The minimum Gasteiger partial charge on any atom is -0.350 e. The monoisotopic (exact) mass is 390 g/mol. The molecule has 1 saturated carbocycles. The van der Waals surface area contributed by atoms with Gasteiger partial charge < -0.3 is 9.80 Å². The first-order valence-electron chi connectivity index (χ1n) is 9.74. The molecule has 2 aromatic rings. The van der Waals surface area contributed by atoms with Crippen molar-refractivity contribution in [3.05, 3.63) is 35.4 Å². The van der Waals surface area contributed by atoms with Crippen molar-refractivity contribution in [1.82, 2.24) is 19.9 Å². The molecule has 148 valence electrons. The highest BCUT2D eigenvalue weighted by molar-refractivity contribution is 5.53. The molecule has 9 heteroatoms. The highest BCUT2D eigenvalue weighted by Gasteiger charge is 2.47. The number of piperidine rings is 1. The van der Waals surface area contributed by atoms with E-state index < -0.39 is 6.43 Å². The molecule has 5 heterocycles. The van der Waals surface area contributed by atoms with Crippen LogP contribution in [-0.2, 0) is 6.42 Å². The van der Waals surface area contributed by atoms with Crippen molar-refractivity contribution in [2.75, 3.05) is 22.9 Å². The molecule has 0 radical (unpaired) electrons. The molecule has 0 N–H and O–H groups in total. The summed E-state index contributed by atoms with van der Waals surface area (Å²) >= 11 is 0. The molecule has 2 aromatic heterocycles. The minimum atomic E-state index is -2.61. The molecule has 6 rings (SSSR count). The fourth-order valence-corrected chi connectivity index (χ4v) is 4.26. The van der Waals surface area contributed by atoms with Gasteiger partial charge in [-0.05, 0) is 25.7 Å². The molecule has 2 unspecified atom stereocenters. The lowest BCUT2D eigenvalue weighted by Crippen LogP contribution is -2.69. The summed E-state index contributed by atoms with van der Waals surface area (Å²) in [6, 6.07) is 1.61. The summed E-state index contributed by atoms with van der Waals surface area (Å²) in [5.41, 5.74) is 0.204. The largest absolute Gasteiger partial charge is 0.350 e. The Morgan fingerprint density at radius 3 is 2.54 bits per heavy atom. The van der Waals surface area contributed by atoms with Gasteiger partial charge in [-0.1, -0.05) is 6.92 Å². The molecule has 6 nitrogen and oxygen atoms in total. The van der Waals surface area contributed by atoms with E-state index in [9.17, 15) is 13.2 Å². The van der Waals surface area contributed by atoms with Gasteiger partial charge in [0.25, 0.3) is 6.43 Å². The van der Waals surface area contributed by atoms with Gasteiger partial charge in [-0.2, -0.15) is 0 Å². The number of hydrogen-bond donors (Lipinski definition) is 0. The van der Waals surface area contributed by atoms with Gasteiger partial charge in [-0.3, -0.25) is 0 Å². The Balaban J connectivity index is 1.40. The molecule has 1 aliphatic carbocycles. The predicted molar refractivity (Wildman–Crippen MR) is 97.2 cm³/mol. The Bertz CT molecular complexity index is 871. The van der Waals surface area contributed by atoms with Gasteiger partial charge in [-0.25, -0.2) is 33.1 Å². The van der Waals surface area contributed by atoms with E-state index in [1.54, 1.807) is 0 Å². The molecule has 2 bridgehead atoms. The fraction of sp³-hybridized carbons (Fsp3) is 0.579. The van der Waals surface area contributed by atoms with Crippen LogP contribution in [0.15, 0.2) is 12.4 Å². The lowest BCUT2D eigenvalue weighted by atomic mass is 9.87. The van der Waals surface area contributed by atoms with Crippen molar-refractivity contribution in [2.24, 2.45) is 0 Å². The summed E-state index contributed by atoms with van der Waals surface area (Å²) in [6.45, 7) is 3.03. The van der Waals surface area contributed by atoms with E-state index in [4.69, 9.17) is 0 Å². The average molecular weight is 390 g/mol. The van der Waals surface area contributed by atoms with Crippen LogP contribution in [0.2, 0.25) is 0 Å².